The molecule has 3 N–H and O–H groups in total. The summed E-state index contributed by atoms with van der Waals surface area (Å²) in [7, 11) is -4.10. The van der Waals surface area contributed by atoms with Crippen molar-refractivity contribution in [3.05, 3.63) is 53.9 Å². The third-order valence-electron chi connectivity index (χ3n) is 2.35. The molecule has 0 unspecified atom stereocenters. The summed E-state index contributed by atoms with van der Waals surface area (Å²) in [5.41, 5.74) is 7.66. The van der Waals surface area contributed by atoms with Gasteiger partial charge in [-0.3, -0.25) is 9.54 Å². The highest BCUT2D eigenvalue weighted by atomic mass is 32.2. The van der Waals surface area contributed by atoms with Crippen LogP contribution in [0.2, 0.25) is 0 Å². The lowest BCUT2D eigenvalue weighted by atomic mass is 10.2. The van der Waals surface area contributed by atoms with Crippen LogP contribution in [0.3, 0.4) is 0 Å². The van der Waals surface area contributed by atoms with Crippen LogP contribution in [0.1, 0.15) is 11.3 Å². The number of nitrogen functional groups attached to an aromatic ring is 1. The largest absolute Gasteiger partial charge is 0.399 e. The van der Waals surface area contributed by atoms with Gasteiger partial charge in [0, 0.05) is 17.6 Å². The summed E-state index contributed by atoms with van der Waals surface area (Å²) in [6.07, 6.45) is 1.79. The van der Waals surface area contributed by atoms with E-state index in [1.54, 1.807) is 13.1 Å². The predicted molar refractivity (Wildman–Crippen MR) is 74.4 cm³/mol. The van der Waals surface area contributed by atoms with Gasteiger partial charge in [0.1, 0.15) is 0 Å². The Hall–Kier alpha value is -1.92. The number of benzene rings is 1. The summed E-state index contributed by atoms with van der Waals surface area (Å²) in [6, 6.07) is 9.89. The zero-order valence-electron chi connectivity index (χ0n) is 10.7. The van der Waals surface area contributed by atoms with Gasteiger partial charge < -0.3 is 5.73 Å². The normalized spacial score (nSPS) is 10.5. The second kappa shape index (κ2) is 6.31. The summed E-state index contributed by atoms with van der Waals surface area (Å²) < 4.78 is 29.9. The van der Waals surface area contributed by atoms with Crippen LogP contribution in [0.4, 0.5) is 5.69 Å². The lowest BCUT2D eigenvalue weighted by molar-refractivity contribution is 0.483. The minimum absolute atomic E-state index is 0.130. The Bertz CT molecular complexity index is 640. The van der Waals surface area contributed by atoms with Crippen LogP contribution in [-0.2, 0) is 10.1 Å². The zero-order chi connectivity index (χ0) is 14.5. The van der Waals surface area contributed by atoms with Crippen LogP contribution < -0.4 is 5.73 Å². The average molecular weight is 280 g/mol. The van der Waals surface area contributed by atoms with Gasteiger partial charge in [0.25, 0.3) is 10.1 Å². The van der Waals surface area contributed by atoms with E-state index in [4.69, 9.17) is 10.3 Å². The molecule has 1 aromatic carbocycles. The summed E-state index contributed by atoms with van der Waals surface area (Å²) in [4.78, 5) is 3.85. The Balaban J connectivity index is 0.000000218. The predicted octanol–water partition coefficient (Wildman–Crippen LogP) is 2.21. The first-order valence-corrected chi connectivity index (χ1v) is 6.96. The molecule has 6 heteroatoms. The molecule has 102 valence electrons. The number of hydrogen-bond acceptors (Lipinski definition) is 4. The lowest BCUT2D eigenvalue weighted by Crippen LogP contribution is -1.99. The van der Waals surface area contributed by atoms with Gasteiger partial charge in [0.15, 0.2) is 0 Å². The smallest absolute Gasteiger partial charge is 0.294 e. The highest BCUT2D eigenvalue weighted by Gasteiger charge is 2.09. The first kappa shape index (κ1) is 15.1. The molecule has 2 aromatic rings. The van der Waals surface area contributed by atoms with Crippen molar-refractivity contribution in [1.29, 1.82) is 0 Å². The molecule has 0 radical (unpaired) electrons. The molecule has 0 saturated heterocycles. The molecule has 1 heterocycles. The minimum Gasteiger partial charge on any atom is -0.399 e. The number of anilines is 1. The van der Waals surface area contributed by atoms with Crippen LogP contribution in [0.25, 0.3) is 0 Å². The quantitative estimate of drug-likeness (QED) is 0.617. The van der Waals surface area contributed by atoms with Crippen molar-refractivity contribution in [2.24, 2.45) is 0 Å². The molecule has 0 spiro atoms. The van der Waals surface area contributed by atoms with Crippen molar-refractivity contribution in [3.8, 4) is 0 Å². The molecule has 0 bridgehead atoms. The second-order valence-electron chi connectivity index (χ2n) is 3.96. The van der Waals surface area contributed by atoms with Gasteiger partial charge in [-0.1, -0.05) is 6.07 Å². The number of aromatic nitrogens is 1. The molecule has 0 fully saturated rings. The van der Waals surface area contributed by atoms with E-state index in [1.807, 2.05) is 25.1 Å². The number of pyridine rings is 1. The summed E-state index contributed by atoms with van der Waals surface area (Å²) >= 11 is 0. The minimum atomic E-state index is -4.10. The third-order valence-corrected chi connectivity index (χ3v) is 3.20. The maximum absolute atomic E-state index is 10.6. The third kappa shape index (κ3) is 5.07. The number of nitrogens with two attached hydrogens (primary N) is 1. The Labute approximate surface area is 112 Å². The van der Waals surface area contributed by atoms with Crippen LogP contribution in [-0.4, -0.2) is 18.0 Å². The molecule has 0 aliphatic rings. The molecule has 19 heavy (non-hydrogen) atoms. The first-order chi connectivity index (χ1) is 8.80. The van der Waals surface area contributed by atoms with Gasteiger partial charge in [-0.2, -0.15) is 8.42 Å². The zero-order valence-corrected chi connectivity index (χ0v) is 11.6. The number of rotatable bonds is 1. The van der Waals surface area contributed by atoms with Crippen molar-refractivity contribution < 1.29 is 13.0 Å². The van der Waals surface area contributed by atoms with Crippen LogP contribution in [0.5, 0.6) is 0 Å². The van der Waals surface area contributed by atoms with E-state index in [0.717, 1.165) is 5.69 Å². The average Bonchev–Trinajstić information content (AvgIpc) is 2.33. The summed E-state index contributed by atoms with van der Waals surface area (Å²) in [5, 5.41) is 0. The van der Waals surface area contributed by atoms with Gasteiger partial charge in [0.05, 0.1) is 4.90 Å². The maximum atomic E-state index is 10.6. The van der Waals surface area contributed by atoms with E-state index >= 15 is 0 Å². The van der Waals surface area contributed by atoms with Gasteiger partial charge >= 0.3 is 0 Å². The van der Waals surface area contributed by atoms with Crippen LogP contribution in [0, 0.1) is 13.8 Å². The fraction of sp³-hybridized carbons (Fsp3) is 0.154. The molecule has 0 atom stereocenters. The Morgan fingerprint density at radius 1 is 1.16 bits per heavy atom. The van der Waals surface area contributed by atoms with Gasteiger partial charge in [-0.25, -0.2) is 0 Å². The van der Waals surface area contributed by atoms with Crippen molar-refractivity contribution >= 4 is 15.8 Å². The molecule has 2 rings (SSSR count). The van der Waals surface area contributed by atoms with E-state index in [0.29, 0.717) is 11.3 Å². The summed E-state index contributed by atoms with van der Waals surface area (Å²) in [6.45, 7) is 3.64. The van der Waals surface area contributed by atoms with Crippen LogP contribution in [0.15, 0.2) is 47.5 Å². The second-order valence-corrected chi connectivity index (χ2v) is 5.39. The Morgan fingerprint density at radius 2 is 1.84 bits per heavy atom. The van der Waals surface area contributed by atoms with Crippen molar-refractivity contribution in [2.45, 2.75) is 18.7 Å². The standard InChI is InChI=1S/C7H9NO3S.C6H7N/c1-5-4-6(12(9,10)11)2-3-7(5)8;1-6-4-2-3-5-7-6/h2-4H,8H2,1H3,(H,9,10,11);2-5H,1H3. The van der Waals surface area contributed by atoms with E-state index in [-0.39, 0.29) is 4.90 Å². The van der Waals surface area contributed by atoms with Crippen molar-refractivity contribution in [1.82, 2.24) is 4.98 Å². The van der Waals surface area contributed by atoms with E-state index in [1.165, 1.54) is 18.2 Å². The number of nitrogens with zero attached hydrogens (tertiary/aromatic N) is 1. The fourth-order valence-corrected chi connectivity index (χ4v) is 1.82. The number of hydrogen-bond donors (Lipinski definition) is 2. The number of aryl methyl sites for hydroxylation is 2. The molecule has 0 aliphatic carbocycles. The highest BCUT2D eigenvalue weighted by molar-refractivity contribution is 7.85. The molecule has 1 aromatic heterocycles. The fourth-order valence-electron chi connectivity index (χ4n) is 1.26. The topological polar surface area (TPSA) is 93.3 Å². The first-order valence-electron chi connectivity index (χ1n) is 5.52. The Morgan fingerprint density at radius 3 is 2.21 bits per heavy atom. The summed E-state index contributed by atoms with van der Waals surface area (Å²) in [5.74, 6) is 0. The molecule has 0 saturated carbocycles. The molecular weight excluding hydrogens is 264 g/mol. The highest BCUT2D eigenvalue weighted by Crippen LogP contribution is 2.16. The van der Waals surface area contributed by atoms with Crippen molar-refractivity contribution in [3.63, 3.8) is 0 Å². The molecule has 0 amide bonds. The maximum Gasteiger partial charge on any atom is 0.294 e. The monoisotopic (exact) mass is 280 g/mol. The van der Waals surface area contributed by atoms with E-state index < -0.39 is 10.1 Å². The molecule has 0 aliphatic heterocycles. The lowest BCUT2D eigenvalue weighted by Gasteiger charge is -2.01. The van der Waals surface area contributed by atoms with Gasteiger partial charge in [0.2, 0.25) is 0 Å². The molecule has 5 nitrogen and oxygen atoms in total. The van der Waals surface area contributed by atoms with Gasteiger partial charge in [-0.05, 0) is 49.7 Å². The van der Waals surface area contributed by atoms with Gasteiger partial charge in [-0.15, -0.1) is 0 Å². The Kier molecular flexibility index (Phi) is 5.02. The SMILES string of the molecule is Cc1cc(S(=O)(=O)O)ccc1N.Cc1ccccn1. The molecular formula is C13H16N2O3S. The van der Waals surface area contributed by atoms with Crippen LogP contribution >= 0.6 is 0 Å². The van der Waals surface area contributed by atoms with E-state index in [9.17, 15) is 8.42 Å². The van der Waals surface area contributed by atoms with Crippen molar-refractivity contribution in [2.75, 3.05) is 5.73 Å². The van der Waals surface area contributed by atoms with E-state index in [2.05, 4.69) is 4.98 Å².